The number of thiophene rings is 1. The predicted octanol–water partition coefficient (Wildman–Crippen LogP) is 6.23. The molecule has 1 aromatic heterocycles. The molecule has 0 saturated carbocycles. The highest BCUT2D eigenvalue weighted by Crippen LogP contribution is 2.38. The van der Waals surface area contributed by atoms with Gasteiger partial charge in [-0.2, -0.15) is 0 Å². The summed E-state index contributed by atoms with van der Waals surface area (Å²) in [5, 5.41) is 0. The van der Waals surface area contributed by atoms with E-state index in [4.69, 9.17) is 9.47 Å². The van der Waals surface area contributed by atoms with Gasteiger partial charge in [-0.1, -0.05) is 55.0 Å². The van der Waals surface area contributed by atoms with E-state index in [1.165, 1.54) is 24.0 Å². The molecule has 0 saturated heterocycles. The molecule has 2 atom stereocenters. The summed E-state index contributed by atoms with van der Waals surface area (Å²) in [5.41, 5.74) is 5.60. The molecule has 0 radical (unpaired) electrons. The van der Waals surface area contributed by atoms with Crippen molar-refractivity contribution in [2.24, 2.45) is 5.92 Å². The van der Waals surface area contributed by atoms with Gasteiger partial charge in [0.25, 0.3) is 0 Å². The van der Waals surface area contributed by atoms with Crippen LogP contribution in [0.15, 0.2) is 54.6 Å². The van der Waals surface area contributed by atoms with Crippen LogP contribution < -0.4 is 0 Å². The van der Waals surface area contributed by atoms with Crippen molar-refractivity contribution in [1.29, 1.82) is 0 Å². The molecule has 0 aliphatic rings. The number of rotatable bonds is 9. The average Bonchev–Trinajstić information content (AvgIpc) is 3.26. The lowest BCUT2D eigenvalue weighted by Crippen LogP contribution is -2.21. The molecule has 32 heavy (non-hydrogen) atoms. The lowest BCUT2D eigenvalue weighted by atomic mass is 9.84. The number of carbonyl (C=O) groups excluding carboxylic acids is 2. The molecule has 0 N–H and O–H groups in total. The van der Waals surface area contributed by atoms with Gasteiger partial charge in [0.15, 0.2) is 5.78 Å². The van der Waals surface area contributed by atoms with E-state index in [0.29, 0.717) is 18.1 Å². The van der Waals surface area contributed by atoms with E-state index in [2.05, 4.69) is 56.3 Å². The van der Waals surface area contributed by atoms with E-state index in [9.17, 15) is 9.59 Å². The summed E-state index contributed by atoms with van der Waals surface area (Å²) in [6.07, 6.45) is 0. The molecule has 1 heterocycles. The van der Waals surface area contributed by atoms with E-state index in [-0.39, 0.29) is 23.6 Å². The molecule has 0 aliphatic carbocycles. The Morgan fingerprint density at radius 3 is 2.31 bits per heavy atom. The molecule has 4 nitrogen and oxygen atoms in total. The second-order valence-electron chi connectivity index (χ2n) is 8.21. The van der Waals surface area contributed by atoms with Crippen molar-refractivity contribution in [2.45, 2.75) is 46.8 Å². The van der Waals surface area contributed by atoms with E-state index >= 15 is 0 Å². The van der Waals surface area contributed by atoms with Crippen LogP contribution in [-0.4, -0.2) is 18.9 Å². The van der Waals surface area contributed by atoms with E-state index in [0.717, 1.165) is 27.1 Å². The van der Waals surface area contributed by atoms with Crippen LogP contribution in [0.3, 0.4) is 0 Å². The number of ketones is 1. The third-order valence-corrected chi connectivity index (χ3v) is 7.00. The predicted molar refractivity (Wildman–Crippen MR) is 128 cm³/mol. The summed E-state index contributed by atoms with van der Waals surface area (Å²) in [7, 11) is 1.41. The van der Waals surface area contributed by atoms with Crippen LogP contribution in [0.25, 0.3) is 0 Å². The molecule has 168 valence electrons. The van der Waals surface area contributed by atoms with Gasteiger partial charge in [-0.05, 0) is 55.2 Å². The minimum absolute atomic E-state index is 0.0276. The highest BCUT2D eigenvalue weighted by atomic mass is 32.1. The first kappa shape index (κ1) is 23.9. The third kappa shape index (κ3) is 5.72. The third-order valence-electron chi connectivity index (χ3n) is 5.73. The number of aryl methyl sites for hydroxylation is 2. The fraction of sp³-hybridized carbons (Fsp3) is 0.333. The second kappa shape index (κ2) is 10.7. The van der Waals surface area contributed by atoms with E-state index in [1.807, 2.05) is 19.1 Å². The molecule has 3 rings (SSSR count). The zero-order valence-electron chi connectivity index (χ0n) is 19.3. The summed E-state index contributed by atoms with van der Waals surface area (Å²) < 4.78 is 11.0. The Morgan fingerprint density at radius 1 is 0.969 bits per heavy atom. The molecule has 0 aliphatic heterocycles. The molecule has 0 bridgehead atoms. The number of Topliss-reactive ketones (excluding diaryl/α,β-unsaturated/α-hetero) is 1. The van der Waals surface area contributed by atoms with Crippen molar-refractivity contribution >= 4 is 23.1 Å². The summed E-state index contributed by atoms with van der Waals surface area (Å²) >= 11 is 1.44. The van der Waals surface area contributed by atoms with Crippen LogP contribution in [0.2, 0.25) is 0 Å². The average molecular weight is 451 g/mol. The number of hydrogen-bond donors (Lipinski definition) is 0. The van der Waals surface area contributed by atoms with Gasteiger partial charge >= 0.3 is 5.97 Å². The minimum atomic E-state index is -0.387. The fourth-order valence-electron chi connectivity index (χ4n) is 3.73. The number of benzene rings is 2. The summed E-state index contributed by atoms with van der Waals surface area (Å²) in [6, 6.07) is 18.3. The maximum atomic E-state index is 12.4. The smallest absolute Gasteiger partial charge is 0.309 e. The maximum Gasteiger partial charge on any atom is 0.309 e. The summed E-state index contributed by atoms with van der Waals surface area (Å²) in [4.78, 5) is 25.9. The SMILES string of the molecule is COC(=O)C(C)C(c1ccc(C)c(COCc2ccc(C)cc2)c1)c1ccc(C(C)=O)s1. The molecule has 0 spiro atoms. The quantitative estimate of drug-likeness (QED) is 0.287. The molecule has 5 heteroatoms. The van der Waals surface area contributed by atoms with Crippen molar-refractivity contribution in [2.75, 3.05) is 7.11 Å². The standard InChI is InChI=1S/C27H30O4S/c1-17-6-9-21(10-7-17)15-31-16-23-14-22(11-8-18(23)2)26(19(3)27(29)30-5)25-13-12-24(32-25)20(4)28/h6-14,19,26H,15-16H2,1-5H3. The molecular formula is C27H30O4S. The van der Waals surface area contributed by atoms with E-state index < -0.39 is 0 Å². The number of carbonyl (C=O) groups is 2. The topological polar surface area (TPSA) is 52.6 Å². The number of methoxy groups -OCH3 is 1. The monoisotopic (exact) mass is 450 g/mol. The normalized spacial score (nSPS) is 12.9. The summed E-state index contributed by atoms with van der Waals surface area (Å²) in [5.74, 6) is -0.829. The van der Waals surface area contributed by atoms with Crippen LogP contribution >= 0.6 is 11.3 Å². The first-order chi connectivity index (χ1) is 15.3. The Kier molecular flexibility index (Phi) is 7.99. The Labute approximate surface area is 194 Å². The molecule has 2 unspecified atom stereocenters. The molecule has 0 fully saturated rings. The molecule has 3 aromatic rings. The maximum absolute atomic E-state index is 12.4. The number of ether oxygens (including phenoxy) is 2. The Morgan fingerprint density at radius 2 is 1.69 bits per heavy atom. The van der Waals surface area contributed by atoms with Crippen molar-refractivity contribution in [3.8, 4) is 0 Å². The van der Waals surface area contributed by atoms with Crippen LogP contribution in [0.1, 0.15) is 62.1 Å². The van der Waals surface area contributed by atoms with Gasteiger partial charge in [0, 0.05) is 10.8 Å². The van der Waals surface area contributed by atoms with Crippen molar-refractivity contribution in [3.05, 3.63) is 92.2 Å². The van der Waals surface area contributed by atoms with Gasteiger partial charge in [-0.15, -0.1) is 11.3 Å². The van der Waals surface area contributed by atoms with Crippen LogP contribution in [0.4, 0.5) is 0 Å². The Balaban J connectivity index is 1.86. The highest BCUT2D eigenvalue weighted by Gasteiger charge is 2.30. The molecule has 2 aromatic carbocycles. The van der Waals surface area contributed by atoms with Crippen molar-refractivity contribution < 1.29 is 19.1 Å². The largest absolute Gasteiger partial charge is 0.469 e. The highest BCUT2D eigenvalue weighted by molar-refractivity contribution is 7.14. The Hall–Kier alpha value is -2.76. The zero-order valence-corrected chi connectivity index (χ0v) is 20.1. The van der Waals surface area contributed by atoms with Gasteiger partial charge in [-0.3, -0.25) is 9.59 Å². The first-order valence-corrected chi connectivity index (χ1v) is 11.5. The molecular weight excluding hydrogens is 420 g/mol. The first-order valence-electron chi connectivity index (χ1n) is 10.7. The van der Waals surface area contributed by atoms with Crippen LogP contribution in [-0.2, 0) is 27.5 Å². The fourth-order valence-corrected chi connectivity index (χ4v) is 4.87. The molecule has 0 amide bonds. The van der Waals surface area contributed by atoms with Gasteiger partial charge in [0.2, 0.25) is 0 Å². The van der Waals surface area contributed by atoms with Crippen LogP contribution in [0.5, 0.6) is 0 Å². The van der Waals surface area contributed by atoms with Gasteiger partial charge in [0.1, 0.15) is 0 Å². The summed E-state index contributed by atoms with van der Waals surface area (Å²) in [6.45, 7) is 8.58. The van der Waals surface area contributed by atoms with Gasteiger partial charge in [0.05, 0.1) is 31.1 Å². The zero-order chi connectivity index (χ0) is 23.3. The minimum Gasteiger partial charge on any atom is -0.469 e. The number of esters is 1. The van der Waals surface area contributed by atoms with E-state index in [1.54, 1.807) is 6.92 Å². The van der Waals surface area contributed by atoms with Crippen molar-refractivity contribution in [1.82, 2.24) is 0 Å². The lowest BCUT2D eigenvalue weighted by molar-refractivity contribution is -0.145. The Bertz CT molecular complexity index is 1080. The van der Waals surface area contributed by atoms with Crippen LogP contribution in [0, 0.1) is 19.8 Å². The van der Waals surface area contributed by atoms with Crippen molar-refractivity contribution in [3.63, 3.8) is 0 Å². The number of hydrogen-bond acceptors (Lipinski definition) is 5. The second-order valence-corrected chi connectivity index (χ2v) is 9.33. The lowest BCUT2D eigenvalue weighted by Gasteiger charge is -2.23. The van der Waals surface area contributed by atoms with Gasteiger partial charge in [-0.25, -0.2) is 0 Å². The van der Waals surface area contributed by atoms with Gasteiger partial charge < -0.3 is 9.47 Å².